The zero-order valence-corrected chi connectivity index (χ0v) is 9.61. The lowest BCUT2D eigenvalue weighted by Crippen LogP contribution is -1.90. The fourth-order valence-corrected chi connectivity index (χ4v) is 1.34. The van der Waals surface area contributed by atoms with Crippen LogP contribution in [-0.2, 0) is 5.88 Å². The third-order valence-corrected chi connectivity index (χ3v) is 2.37. The van der Waals surface area contributed by atoms with Crippen LogP contribution in [0.4, 0.5) is 0 Å². The molecule has 0 aromatic carbocycles. The summed E-state index contributed by atoms with van der Waals surface area (Å²) in [5.41, 5.74) is 1.92. The van der Waals surface area contributed by atoms with Gasteiger partial charge in [-0.1, -0.05) is 6.07 Å². The van der Waals surface area contributed by atoms with Crippen LogP contribution in [0.3, 0.4) is 0 Å². The highest BCUT2D eigenvalue weighted by Crippen LogP contribution is 2.18. The topological polar surface area (TPSA) is 35.0 Å². The van der Waals surface area contributed by atoms with Gasteiger partial charge in [-0.2, -0.15) is 0 Å². The van der Waals surface area contributed by atoms with Gasteiger partial charge in [0.15, 0.2) is 0 Å². The zero-order chi connectivity index (χ0) is 11.4. The number of hydrogen-bond donors (Lipinski definition) is 0. The van der Waals surface area contributed by atoms with E-state index in [2.05, 4.69) is 9.97 Å². The van der Waals surface area contributed by atoms with Gasteiger partial charge in [-0.25, -0.2) is 4.98 Å². The molecule has 0 bridgehead atoms. The molecule has 0 radical (unpaired) electrons. The first kappa shape index (κ1) is 10.9. The summed E-state index contributed by atoms with van der Waals surface area (Å²) in [6.45, 7) is 1.93. The molecule has 0 aliphatic rings. The molecular formula is C12H11ClN2O. The molecule has 3 nitrogen and oxygen atoms in total. The molecule has 82 valence electrons. The summed E-state index contributed by atoms with van der Waals surface area (Å²) in [6.07, 6.45) is 3.37. The van der Waals surface area contributed by atoms with Crippen molar-refractivity contribution < 1.29 is 4.74 Å². The van der Waals surface area contributed by atoms with E-state index < -0.39 is 0 Å². The highest BCUT2D eigenvalue weighted by molar-refractivity contribution is 6.17. The third-order valence-electron chi connectivity index (χ3n) is 2.06. The molecule has 0 atom stereocenters. The second-order valence-electron chi connectivity index (χ2n) is 3.38. The van der Waals surface area contributed by atoms with Crippen molar-refractivity contribution in [3.63, 3.8) is 0 Å². The Bertz CT molecular complexity index is 453. The molecule has 0 amide bonds. The highest BCUT2D eigenvalue weighted by atomic mass is 35.5. The number of nitrogens with zero attached hydrogens (tertiary/aromatic N) is 2. The van der Waals surface area contributed by atoms with Crippen LogP contribution in [0, 0.1) is 6.92 Å². The summed E-state index contributed by atoms with van der Waals surface area (Å²) in [7, 11) is 0. The smallest absolute Gasteiger partial charge is 0.219 e. The minimum atomic E-state index is 0.458. The summed E-state index contributed by atoms with van der Waals surface area (Å²) in [4.78, 5) is 8.27. The van der Waals surface area contributed by atoms with E-state index in [1.807, 2.05) is 25.1 Å². The normalized spacial score (nSPS) is 10.1. The van der Waals surface area contributed by atoms with E-state index in [4.69, 9.17) is 16.3 Å². The van der Waals surface area contributed by atoms with Gasteiger partial charge in [0.05, 0.1) is 6.20 Å². The van der Waals surface area contributed by atoms with E-state index in [1.54, 1.807) is 18.5 Å². The van der Waals surface area contributed by atoms with Crippen molar-refractivity contribution >= 4 is 11.6 Å². The van der Waals surface area contributed by atoms with Gasteiger partial charge in [0.1, 0.15) is 5.75 Å². The number of rotatable bonds is 3. The van der Waals surface area contributed by atoms with Gasteiger partial charge in [0.2, 0.25) is 5.88 Å². The van der Waals surface area contributed by atoms with Crippen LogP contribution < -0.4 is 4.74 Å². The molecule has 0 aliphatic carbocycles. The molecular weight excluding hydrogens is 224 g/mol. The minimum Gasteiger partial charge on any atom is -0.437 e. The van der Waals surface area contributed by atoms with Crippen LogP contribution in [-0.4, -0.2) is 9.97 Å². The standard InChI is InChI=1S/C12H11ClN2O/c1-9-2-4-11(8-14-9)16-12-5-3-10(6-13)7-15-12/h2-5,7-8H,6H2,1H3. The average molecular weight is 235 g/mol. The van der Waals surface area contributed by atoms with Crippen LogP contribution in [0.15, 0.2) is 36.7 Å². The molecule has 2 aromatic heterocycles. The van der Waals surface area contributed by atoms with Crippen LogP contribution in [0.2, 0.25) is 0 Å². The lowest BCUT2D eigenvalue weighted by atomic mass is 10.3. The number of alkyl halides is 1. The lowest BCUT2D eigenvalue weighted by molar-refractivity contribution is 0.460. The Morgan fingerprint density at radius 1 is 1.12 bits per heavy atom. The Morgan fingerprint density at radius 2 is 2.00 bits per heavy atom. The Kier molecular flexibility index (Phi) is 3.37. The number of hydrogen-bond acceptors (Lipinski definition) is 3. The van der Waals surface area contributed by atoms with Gasteiger partial charge in [0.25, 0.3) is 0 Å². The molecule has 0 saturated heterocycles. The predicted molar refractivity (Wildman–Crippen MR) is 62.8 cm³/mol. The van der Waals surface area contributed by atoms with E-state index in [-0.39, 0.29) is 0 Å². The highest BCUT2D eigenvalue weighted by Gasteiger charge is 1.99. The molecule has 0 aliphatic heterocycles. The Morgan fingerprint density at radius 3 is 2.56 bits per heavy atom. The zero-order valence-electron chi connectivity index (χ0n) is 8.85. The quantitative estimate of drug-likeness (QED) is 0.765. The number of aromatic nitrogens is 2. The first-order chi connectivity index (χ1) is 7.78. The average Bonchev–Trinajstić information content (AvgIpc) is 2.33. The Hall–Kier alpha value is -1.61. The molecule has 0 unspecified atom stereocenters. The summed E-state index contributed by atoms with van der Waals surface area (Å²) in [5.74, 6) is 1.68. The molecule has 0 N–H and O–H groups in total. The monoisotopic (exact) mass is 234 g/mol. The Balaban J connectivity index is 2.11. The molecule has 0 fully saturated rings. The van der Waals surface area contributed by atoms with Crippen molar-refractivity contribution in [3.8, 4) is 11.6 Å². The van der Waals surface area contributed by atoms with Gasteiger partial charge < -0.3 is 4.74 Å². The minimum absolute atomic E-state index is 0.458. The first-order valence-electron chi connectivity index (χ1n) is 4.89. The number of ether oxygens (including phenoxy) is 1. The SMILES string of the molecule is Cc1ccc(Oc2ccc(CCl)cn2)cn1. The molecule has 2 rings (SSSR count). The summed E-state index contributed by atoms with van der Waals surface area (Å²) in [6, 6.07) is 7.43. The summed E-state index contributed by atoms with van der Waals surface area (Å²) >= 11 is 5.67. The number of halogens is 1. The largest absolute Gasteiger partial charge is 0.437 e. The van der Waals surface area contributed by atoms with E-state index in [0.717, 1.165) is 11.3 Å². The van der Waals surface area contributed by atoms with Crippen LogP contribution in [0.25, 0.3) is 0 Å². The van der Waals surface area contributed by atoms with Gasteiger partial charge >= 0.3 is 0 Å². The van der Waals surface area contributed by atoms with Gasteiger partial charge in [-0.3, -0.25) is 4.98 Å². The van der Waals surface area contributed by atoms with Crippen molar-refractivity contribution in [1.82, 2.24) is 9.97 Å². The maximum atomic E-state index is 5.67. The lowest BCUT2D eigenvalue weighted by Gasteiger charge is -2.04. The van der Waals surface area contributed by atoms with Crippen molar-refractivity contribution in [1.29, 1.82) is 0 Å². The van der Waals surface area contributed by atoms with E-state index >= 15 is 0 Å². The Labute approximate surface area is 99.1 Å². The van der Waals surface area contributed by atoms with Crippen LogP contribution in [0.5, 0.6) is 11.6 Å². The molecule has 0 spiro atoms. The fraction of sp³-hybridized carbons (Fsp3) is 0.167. The van der Waals surface area contributed by atoms with E-state index in [9.17, 15) is 0 Å². The van der Waals surface area contributed by atoms with Crippen molar-refractivity contribution in [3.05, 3.63) is 47.9 Å². The maximum Gasteiger partial charge on any atom is 0.219 e. The van der Waals surface area contributed by atoms with Gasteiger partial charge in [-0.05, 0) is 24.6 Å². The predicted octanol–water partition coefficient (Wildman–Crippen LogP) is 3.32. The van der Waals surface area contributed by atoms with Crippen molar-refractivity contribution in [2.75, 3.05) is 0 Å². The fourth-order valence-electron chi connectivity index (χ4n) is 1.19. The molecule has 2 heterocycles. The number of pyridine rings is 2. The molecule has 4 heteroatoms. The third kappa shape index (κ3) is 2.70. The first-order valence-corrected chi connectivity index (χ1v) is 5.43. The van der Waals surface area contributed by atoms with Crippen molar-refractivity contribution in [2.45, 2.75) is 12.8 Å². The van der Waals surface area contributed by atoms with E-state index in [1.165, 1.54) is 0 Å². The second-order valence-corrected chi connectivity index (χ2v) is 3.64. The molecule has 2 aromatic rings. The van der Waals surface area contributed by atoms with Gasteiger partial charge in [0, 0.05) is 23.8 Å². The van der Waals surface area contributed by atoms with Crippen molar-refractivity contribution in [2.24, 2.45) is 0 Å². The summed E-state index contributed by atoms with van der Waals surface area (Å²) < 4.78 is 5.52. The number of aryl methyl sites for hydroxylation is 1. The van der Waals surface area contributed by atoms with Crippen LogP contribution in [0.1, 0.15) is 11.3 Å². The van der Waals surface area contributed by atoms with Crippen LogP contribution >= 0.6 is 11.6 Å². The summed E-state index contributed by atoms with van der Waals surface area (Å²) in [5, 5.41) is 0. The molecule has 16 heavy (non-hydrogen) atoms. The molecule has 0 saturated carbocycles. The maximum absolute atomic E-state index is 5.67. The van der Waals surface area contributed by atoms with E-state index in [0.29, 0.717) is 17.5 Å². The second kappa shape index (κ2) is 4.94. The van der Waals surface area contributed by atoms with Gasteiger partial charge in [-0.15, -0.1) is 11.6 Å².